The molecule has 0 fully saturated rings. The van der Waals surface area contributed by atoms with Gasteiger partial charge in [-0.2, -0.15) is 16.4 Å². The minimum Gasteiger partial charge on any atom is -0.496 e. The Morgan fingerprint density at radius 2 is 1.95 bits per heavy atom. The fourth-order valence-electron chi connectivity index (χ4n) is 5.24. The monoisotopic (exact) mass is 557 g/mol. The van der Waals surface area contributed by atoms with E-state index in [1.165, 1.54) is 0 Å². The van der Waals surface area contributed by atoms with Gasteiger partial charge in [0.1, 0.15) is 41.6 Å². The number of allylic oxidation sites excluding steroid dienone is 1. The molecule has 0 aliphatic carbocycles. The molecule has 0 atom stereocenters. The first-order valence-electron chi connectivity index (χ1n) is 13.4. The van der Waals surface area contributed by atoms with Crippen molar-refractivity contribution in [1.82, 2.24) is 14.7 Å². The number of fused-ring (bicyclic) bond motifs is 3. The lowest BCUT2D eigenvalue weighted by atomic mass is 9.47. The number of benzene rings is 1. The highest BCUT2D eigenvalue weighted by Gasteiger charge is 2.43. The molecule has 14 heteroatoms. The number of rotatable bonds is 9. The average Bonchev–Trinajstić information content (AvgIpc) is 3.48. The molecule has 8 nitrogen and oxygen atoms in total. The van der Waals surface area contributed by atoms with Gasteiger partial charge in [0.05, 0.1) is 36.2 Å². The molecule has 0 saturated heterocycles. The quantitative estimate of drug-likeness (QED) is 0.284. The van der Waals surface area contributed by atoms with E-state index in [1.807, 2.05) is 84.9 Å². The number of nitrogens with zero attached hydrogens (tertiary/aromatic N) is 3. The van der Waals surface area contributed by atoms with Gasteiger partial charge in [-0.05, 0) is 50.4 Å². The summed E-state index contributed by atoms with van der Waals surface area (Å²) in [4.78, 5) is 16.3. The Bertz CT molecular complexity index is 1440. The summed E-state index contributed by atoms with van der Waals surface area (Å²) in [5.74, 6) is 1.16. The fraction of sp³-hybridized carbons (Fsp3) is 0.385. The van der Waals surface area contributed by atoms with Crippen molar-refractivity contribution in [2.24, 2.45) is 0 Å². The molecule has 2 aromatic heterocycles. The topological polar surface area (TPSA) is 86.1 Å². The number of aliphatic hydroxyl groups is 1. The van der Waals surface area contributed by atoms with Gasteiger partial charge in [-0.3, -0.25) is 4.79 Å². The second kappa shape index (κ2) is 10.9. The van der Waals surface area contributed by atoms with E-state index in [1.54, 1.807) is 39.0 Å². The van der Waals surface area contributed by atoms with Crippen LogP contribution in [-0.4, -0.2) is 95.0 Å². The molecule has 206 valence electrons. The lowest BCUT2D eigenvalue weighted by Crippen LogP contribution is -2.64. The molecular weight excluding hydrogens is 520 g/mol. The molecule has 4 rings (SSSR count). The van der Waals surface area contributed by atoms with Crippen molar-refractivity contribution in [2.75, 3.05) is 13.7 Å². The molecule has 40 heavy (non-hydrogen) atoms. The van der Waals surface area contributed by atoms with Crippen LogP contribution in [0.5, 0.6) is 11.5 Å². The van der Waals surface area contributed by atoms with Crippen LogP contribution in [0.3, 0.4) is 0 Å². The maximum absolute atomic E-state index is 14.5. The predicted molar refractivity (Wildman–Crippen MR) is 174 cm³/mol. The number of aromatic nitrogens is 2. The van der Waals surface area contributed by atoms with Crippen molar-refractivity contribution in [2.45, 2.75) is 50.7 Å². The summed E-state index contributed by atoms with van der Waals surface area (Å²) in [6, 6.07) is 5.93. The van der Waals surface area contributed by atoms with Crippen LogP contribution < -0.4 is 9.47 Å². The Kier molecular flexibility index (Phi) is 8.20. The van der Waals surface area contributed by atoms with Gasteiger partial charge in [-0.1, -0.05) is 11.6 Å². The van der Waals surface area contributed by atoms with E-state index in [2.05, 4.69) is 6.08 Å². The lowest BCUT2D eigenvalue weighted by Gasteiger charge is -2.48. The number of carbonyl (C=O) groups excluding carboxylic acids is 1. The van der Waals surface area contributed by atoms with Crippen LogP contribution >= 0.6 is 11.3 Å². The van der Waals surface area contributed by atoms with Gasteiger partial charge in [0, 0.05) is 28.1 Å². The van der Waals surface area contributed by atoms with E-state index in [-0.39, 0.29) is 19.1 Å². The number of hydrogen-bond donors (Lipinski definition) is 1. The molecule has 0 spiro atoms. The number of amides is 1. The number of thiophene rings is 1. The molecule has 0 saturated carbocycles. The van der Waals surface area contributed by atoms with E-state index in [9.17, 15) is 9.90 Å². The first-order valence-corrected chi connectivity index (χ1v) is 14.3. The molecule has 0 unspecified atom stereocenters. The standard InChI is InChI=1S/C26H36B5N3O5S/c1-14(2)8-15-9-17-20(10-19(15)37-5)38-11-18-21(32-33(22(17)18)16-6-7-40-12-16)23(35)34(25(27,28)29)24(3,4)13-39-26(30,31)36/h6-10,12,36H,11,13,27-31H2,1-5H3. The second-order valence-corrected chi connectivity index (χ2v) is 13.3. The molecular formula is C26H36B5N3O5S. The van der Waals surface area contributed by atoms with E-state index in [0.29, 0.717) is 17.2 Å². The van der Waals surface area contributed by atoms with Crippen molar-refractivity contribution in [3.8, 4) is 28.4 Å². The largest absolute Gasteiger partial charge is 0.496 e. The van der Waals surface area contributed by atoms with Crippen LogP contribution in [0.1, 0.15) is 49.3 Å². The van der Waals surface area contributed by atoms with E-state index in [4.69, 9.17) is 19.3 Å². The number of ether oxygens (including phenoxy) is 3. The maximum atomic E-state index is 14.5. The zero-order valence-corrected chi connectivity index (χ0v) is 26.0. The third-order valence-electron chi connectivity index (χ3n) is 6.60. The van der Waals surface area contributed by atoms with Gasteiger partial charge in [-0.25, -0.2) is 4.68 Å². The first-order chi connectivity index (χ1) is 18.5. The van der Waals surface area contributed by atoms with Crippen LogP contribution in [0.15, 0.2) is 34.5 Å². The van der Waals surface area contributed by atoms with E-state index >= 15 is 0 Å². The molecule has 1 amide bonds. The van der Waals surface area contributed by atoms with Gasteiger partial charge >= 0.3 is 0 Å². The first kappa shape index (κ1) is 30.2. The summed E-state index contributed by atoms with van der Waals surface area (Å²) in [5, 5.41) is 18.6. The summed E-state index contributed by atoms with van der Waals surface area (Å²) in [6.45, 7) is 8.28. The highest BCUT2D eigenvalue weighted by molar-refractivity contribution is 7.08. The van der Waals surface area contributed by atoms with Crippen LogP contribution in [0.4, 0.5) is 0 Å². The number of carbonyl (C=O) groups is 1. The molecule has 0 radical (unpaired) electrons. The van der Waals surface area contributed by atoms with Crippen molar-refractivity contribution in [3.63, 3.8) is 0 Å². The third-order valence-corrected chi connectivity index (χ3v) is 7.27. The molecule has 1 aliphatic rings. The van der Waals surface area contributed by atoms with Crippen LogP contribution in [0.25, 0.3) is 23.0 Å². The van der Waals surface area contributed by atoms with Crippen molar-refractivity contribution < 1.29 is 24.1 Å². The summed E-state index contributed by atoms with van der Waals surface area (Å²) in [7, 11) is 10.8. The molecule has 1 aromatic carbocycles. The molecule has 3 heterocycles. The second-order valence-electron chi connectivity index (χ2n) is 12.5. The Labute approximate surface area is 245 Å². The maximum Gasteiger partial charge on any atom is 0.273 e. The minimum atomic E-state index is -1.33. The SMILES string of the molecule is BC(B)(O)OCC(C)(C)N(C(=O)c1nn(-c2ccsc2)c2c1COc1cc(OC)c(C=C(C)C)cc1-2)C(B)(B)B. The Morgan fingerprint density at radius 1 is 1.25 bits per heavy atom. The van der Waals surface area contributed by atoms with Gasteiger partial charge < -0.3 is 24.2 Å². The van der Waals surface area contributed by atoms with Crippen molar-refractivity contribution in [3.05, 3.63) is 51.4 Å². The summed E-state index contributed by atoms with van der Waals surface area (Å²) in [6.07, 6.45) is 2.07. The number of hydrogen-bond acceptors (Lipinski definition) is 7. The van der Waals surface area contributed by atoms with Gasteiger partial charge in [0.25, 0.3) is 5.91 Å². The zero-order valence-electron chi connectivity index (χ0n) is 25.2. The molecule has 1 N–H and O–H groups in total. The summed E-state index contributed by atoms with van der Waals surface area (Å²) in [5.41, 5.74) is 3.57. The van der Waals surface area contributed by atoms with Crippen LogP contribution in [-0.2, 0) is 11.3 Å². The fourth-order valence-corrected chi connectivity index (χ4v) is 5.86. The Hall–Kier alpha value is -2.82. The zero-order chi connectivity index (χ0) is 29.6. The smallest absolute Gasteiger partial charge is 0.273 e. The van der Waals surface area contributed by atoms with Gasteiger partial charge in [0.15, 0.2) is 21.4 Å². The van der Waals surface area contributed by atoms with E-state index in [0.717, 1.165) is 33.6 Å². The van der Waals surface area contributed by atoms with Crippen LogP contribution in [0.2, 0.25) is 0 Å². The molecule has 0 bridgehead atoms. The van der Waals surface area contributed by atoms with Crippen molar-refractivity contribution in [1.29, 1.82) is 0 Å². The average molecular weight is 557 g/mol. The summed E-state index contributed by atoms with van der Waals surface area (Å²) < 4.78 is 19.5. The highest BCUT2D eigenvalue weighted by Crippen LogP contribution is 2.44. The van der Waals surface area contributed by atoms with E-state index < -0.39 is 16.4 Å². The van der Waals surface area contributed by atoms with Crippen LogP contribution in [0, 0.1) is 0 Å². The Morgan fingerprint density at radius 3 is 2.50 bits per heavy atom. The van der Waals surface area contributed by atoms with Gasteiger partial charge in [-0.15, -0.1) is 0 Å². The highest BCUT2D eigenvalue weighted by atomic mass is 32.1. The predicted octanol–water partition coefficient (Wildman–Crippen LogP) is -0.457. The minimum absolute atomic E-state index is 0.137. The third kappa shape index (κ3) is 6.09. The molecule has 3 aromatic rings. The Balaban J connectivity index is 1.92. The number of methoxy groups -OCH3 is 1. The van der Waals surface area contributed by atoms with Gasteiger partial charge in [0.2, 0.25) is 0 Å². The summed E-state index contributed by atoms with van der Waals surface area (Å²) >= 11 is 1.57. The molecule has 1 aliphatic heterocycles. The van der Waals surface area contributed by atoms with Crippen molar-refractivity contribution >= 4 is 62.6 Å². The lowest BCUT2D eigenvalue weighted by molar-refractivity contribution is -0.105. The normalized spacial score (nSPS) is 13.2.